The molecule has 0 unspecified atom stereocenters. The van der Waals surface area contributed by atoms with Crippen LogP contribution in [0.25, 0.3) is 0 Å². The standard InChI is InChI=1S/C23H31N5O2S/c1-16-15-25-22(31-16)27-19-10-6-9-18(26-19)23(21(30)24-2)11-13-28(14-12-23)20(29)17-7-4-3-5-8-17/h6,9-10,15,17H,3-5,7-8,11-14H2,1-2H3,(H,24,30)(H,25,26,27). The van der Waals surface area contributed by atoms with Crippen molar-refractivity contribution in [2.24, 2.45) is 5.92 Å². The first-order valence-electron chi connectivity index (χ1n) is 11.2. The van der Waals surface area contributed by atoms with Crippen molar-refractivity contribution in [2.45, 2.75) is 57.3 Å². The quantitative estimate of drug-likeness (QED) is 0.737. The van der Waals surface area contributed by atoms with Crippen LogP contribution in [0.15, 0.2) is 24.4 Å². The maximum absolute atomic E-state index is 13.1. The van der Waals surface area contributed by atoms with Crippen molar-refractivity contribution < 1.29 is 9.59 Å². The lowest BCUT2D eigenvalue weighted by molar-refractivity contribution is -0.141. The van der Waals surface area contributed by atoms with E-state index in [1.54, 1.807) is 18.4 Å². The number of pyridine rings is 1. The summed E-state index contributed by atoms with van der Waals surface area (Å²) in [7, 11) is 1.67. The van der Waals surface area contributed by atoms with Crippen molar-refractivity contribution in [3.63, 3.8) is 0 Å². The fraction of sp³-hybridized carbons (Fsp3) is 0.565. The number of amides is 2. The zero-order valence-electron chi connectivity index (χ0n) is 18.3. The van der Waals surface area contributed by atoms with Crippen LogP contribution in [0.4, 0.5) is 10.9 Å². The highest BCUT2D eigenvalue weighted by Crippen LogP contribution is 2.37. The highest BCUT2D eigenvalue weighted by molar-refractivity contribution is 7.15. The molecule has 7 nitrogen and oxygen atoms in total. The summed E-state index contributed by atoms with van der Waals surface area (Å²) in [5, 5.41) is 6.87. The van der Waals surface area contributed by atoms with Gasteiger partial charge in [-0.1, -0.05) is 25.3 Å². The van der Waals surface area contributed by atoms with E-state index in [1.165, 1.54) is 6.42 Å². The molecule has 8 heteroatoms. The molecule has 2 aliphatic rings. The molecule has 0 radical (unpaired) electrons. The van der Waals surface area contributed by atoms with Crippen molar-refractivity contribution in [1.82, 2.24) is 20.2 Å². The van der Waals surface area contributed by atoms with Gasteiger partial charge in [-0.25, -0.2) is 9.97 Å². The number of aromatic nitrogens is 2. The van der Waals surface area contributed by atoms with Gasteiger partial charge >= 0.3 is 0 Å². The number of carbonyl (C=O) groups is 2. The summed E-state index contributed by atoms with van der Waals surface area (Å²) >= 11 is 1.57. The predicted molar refractivity (Wildman–Crippen MR) is 123 cm³/mol. The van der Waals surface area contributed by atoms with Crippen LogP contribution in [0.1, 0.15) is 55.5 Å². The molecule has 0 bridgehead atoms. The SMILES string of the molecule is CNC(=O)C1(c2cccc(Nc3ncc(C)s3)n2)CCN(C(=O)C2CCCCC2)CC1. The molecule has 31 heavy (non-hydrogen) atoms. The van der Waals surface area contributed by atoms with Gasteiger partial charge in [0.2, 0.25) is 11.8 Å². The third-order valence-electron chi connectivity index (χ3n) is 6.64. The second-order valence-corrected chi connectivity index (χ2v) is 9.87. The Kier molecular flexibility index (Phi) is 6.55. The van der Waals surface area contributed by atoms with Crippen LogP contribution in [-0.4, -0.2) is 46.8 Å². The molecule has 166 valence electrons. The van der Waals surface area contributed by atoms with E-state index >= 15 is 0 Å². The average Bonchev–Trinajstić information content (AvgIpc) is 3.23. The lowest BCUT2D eigenvalue weighted by Gasteiger charge is -2.41. The Balaban J connectivity index is 1.52. The largest absolute Gasteiger partial charge is 0.358 e. The number of piperidine rings is 1. The molecule has 0 aromatic carbocycles. The zero-order valence-corrected chi connectivity index (χ0v) is 19.1. The zero-order chi connectivity index (χ0) is 21.8. The van der Waals surface area contributed by atoms with E-state index in [-0.39, 0.29) is 17.7 Å². The minimum atomic E-state index is -0.728. The van der Waals surface area contributed by atoms with Crippen LogP contribution in [0.2, 0.25) is 0 Å². The van der Waals surface area contributed by atoms with Crippen molar-refractivity contribution in [1.29, 1.82) is 0 Å². The monoisotopic (exact) mass is 441 g/mol. The number of carbonyl (C=O) groups excluding carboxylic acids is 2. The number of hydrogen-bond donors (Lipinski definition) is 2. The van der Waals surface area contributed by atoms with E-state index in [9.17, 15) is 9.59 Å². The lowest BCUT2D eigenvalue weighted by atomic mass is 9.74. The molecule has 2 fully saturated rings. The lowest BCUT2D eigenvalue weighted by Crippen LogP contribution is -2.53. The first-order chi connectivity index (χ1) is 15.0. The molecular weight excluding hydrogens is 410 g/mol. The Morgan fingerprint density at radius 1 is 1.16 bits per heavy atom. The van der Waals surface area contributed by atoms with Crippen molar-refractivity contribution >= 4 is 34.1 Å². The Bertz CT molecular complexity index is 930. The predicted octanol–water partition coefficient (Wildman–Crippen LogP) is 3.78. The smallest absolute Gasteiger partial charge is 0.232 e. The van der Waals surface area contributed by atoms with Gasteiger partial charge in [0, 0.05) is 37.1 Å². The van der Waals surface area contributed by atoms with Gasteiger partial charge in [-0.05, 0) is 44.7 Å². The Labute approximate surface area is 187 Å². The Morgan fingerprint density at radius 2 is 1.90 bits per heavy atom. The van der Waals surface area contributed by atoms with Crippen LogP contribution >= 0.6 is 11.3 Å². The molecule has 1 saturated heterocycles. The topological polar surface area (TPSA) is 87.2 Å². The highest BCUT2D eigenvalue weighted by atomic mass is 32.1. The summed E-state index contributed by atoms with van der Waals surface area (Å²) in [6.45, 7) is 3.19. The molecule has 1 aliphatic carbocycles. The number of rotatable bonds is 5. The van der Waals surface area contributed by atoms with E-state index in [4.69, 9.17) is 4.98 Å². The number of likely N-dealkylation sites (tertiary alicyclic amines) is 1. The molecule has 4 rings (SSSR count). The number of anilines is 2. The Morgan fingerprint density at radius 3 is 2.55 bits per heavy atom. The maximum atomic E-state index is 13.1. The second-order valence-electron chi connectivity index (χ2n) is 8.63. The summed E-state index contributed by atoms with van der Waals surface area (Å²) in [6, 6.07) is 5.74. The molecule has 0 spiro atoms. The van der Waals surface area contributed by atoms with E-state index in [1.807, 2.05) is 36.2 Å². The number of likely N-dealkylation sites (N-methyl/N-ethyl adjacent to an activating group) is 1. The first kappa shape index (κ1) is 21.7. The van der Waals surface area contributed by atoms with E-state index in [0.717, 1.165) is 41.4 Å². The molecule has 2 aromatic heterocycles. The molecule has 2 amide bonds. The molecule has 2 aromatic rings. The van der Waals surface area contributed by atoms with Crippen molar-refractivity contribution in [3.05, 3.63) is 35.0 Å². The summed E-state index contributed by atoms with van der Waals surface area (Å²) in [5.41, 5.74) is 0.0177. The van der Waals surface area contributed by atoms with Crippen LogP contribution in [0.5, 0.6) is 0 Å². The minimum absolute atomic E-state index is 0.0352. The third-order valence-corrected chi connectivity index (χ3v) is 7.47. The summed E-state index contributed by atoms with van der Waals surface area (Å²) < 4.78 is 0. The number of aryl methyl sites for hydroxylation is 1. The van der Waals surface area contributed by atoms with Gasteiger partial charge in [-0.3, -0.25) is 9.59 Å². The number of thiazole rings is 1. The van der Waals surface area contributed by atoms with Gasteiger partial charge in [-0.15, -0.1) is 11.3 Å². The van der Waals surface area contributed by atoms with Crippen LogP contribution in [-0.2, 0) is 15.0 Å². The normalized spacial score (nSPS) is 19.1. The van der Waals surface area contributed by atoms with Crippen molar-refractivity contribution in [3.8, 4) is 0 Å². The third kappa shape index (κ3) is 4.59. The van der Waals surface area contributed by atoms with Gasteiger partial charge < -0.3 is 15.5 Å². The average molecular weight is 442 g/mol. The van der Waals surface area contributed by atoms with E-state index in [2.05, 4.69) is 15.6 Å². The van der Waals surface area contributed by atoms with E-state index < -0.39 is 5.41 Å². The van der Waals surface area contributed by atoms with Gasteiger partial charge in [0.15, 0.2) is 5.13 Å². The first-order valence-corrected chi connectivity index (χ1v) is 12.0. The molecule has 1 saturated carbocycles. The summed E-state index contributed by atoms with van der Waals surface area (Å²) in [6.07, 6.45) is 8.52. The van der Waals surface area contributed by atoms with Gasteiger partial charge in [0.05, 0.1) is 11.1 Å². The fourth-order valence-corrected chi connectivity index (χ4v) is 5.52. The Hall–Kier alpha value is -2.48. The van der Waals surface area contributed by atoms with Crippen LogP contribution in [0, 0.1) is 12.8 Å². The molecule has 0 atom stereocenters. The number of hydrogen-bond acceptors (Lipinski definition) is 6. The second kappa shape index (κ2) is 9.34. The summed E-state index contributed by atoms with van der Waals surface area (Å²) in [5.74, 6) is 1.07. The molecular formula is C23H31N5O2S. The number of nitrogens with zero attached hydrogens (tertiary/aromatic N) is 3. The number of nitrogens with one attached hydrogen (secondary N) is 2. The van der Waals surface area contributed by atoms with Crippen molar-refractivity contribution in [2.75, 3.05) is 25.5 Å². The summed E-state index contributed by atoms with van der Waals surface area (Å²) in [4.78, 5) is 38.3. The fourth-order valence-electron chi connectivity index (χ4n) is 4.85. The van der Waals surface area contributed by atoms with Gasteiger partial charge in [-0.2, -0.15) is 0 Å². The molecule has 3 heterocycles. The van der Waals surface area contributed by atoms with Gasteiger partial charge in [0.1, 0.15) is 5.82 Å². The maximum Gasteiger partial charge on any atom is 0.232 e. The van der Waals surface area contributed by atoms with Crippen LogP contribution < -0.4 is 10.6 Å². The van der Waals surface area contributed by atoms with E-state index in [0.29, 0.717) is 31.7 Å². The highest BCUT2D eigenvalue weighted by Gasteiger charge is 2.45. The van der Waals surface area contributed by atoms with Crippen LogP contribution in [0.3, 0.4) is 0 Å². The molecule has 1 aliphatic heterocycles. The molecule has 2 N–H and O–H groups in total. The minimum Gasteiger partial charge on any atom is -0.358 e. The van der Waals surface area contributed by atoms with Gasteiger partial charge in [0.25, 0.3) is 0 Å².